The van der Waals surface area contributed by atoms with Crippen molar-refractivity contribution in [2.24, 2.45) is 5.73 Å². The molecule has 1 aliphatic heterocycles. The van der Waals surface area contributed by atoms with E-state index in [1.165, 1.54) is 0 Å². The first-order chi connectivity index (χ1) is 15.7. The van der Waals surface area contributed by atoms with E-state index in [9.17, 15) is 0 Å². The quantitative estimate of drug-likeness (QED) is 0.357. The topological polar surface area (TPSA) is 123 Å². The Morgan fingerprint density at radius 3 is 2.69 bits per heavy atom. The number of nitrogens with zero attached hydrogens (tertiary/aromatic N) is 6. The minimum absolute atomic E-state index is 0.103. The van der Waals surface area contributed by atoms with Gasteiger partial charge in [-0.15, -0.1) is 5.10 Å². The molecule has 3 heterocycles. The summed E-state index contributed by atoms with van der Waals surface area (Å²) < 4.78 is 7.28. The third-order valence-electron chi connectivity index (χ3n) is 5.73. The summed E-state index contributed by atoms with van der Waals surface area (Å²) in [7, 11) is 0. The van der Waals surface area contributed by atoms with Gasteiger partial charge in [-0.25, -0.2) is 4.68 Å². The lowest BCUT2D eigenvalue weighted by molar-refractivity contribution is 0.320. The zero-order valence-electron chi connectivity index (χ0n) is 17.6. The molecule has 9 heteroatoms. The molecule has 1 atom stereocenters. The summed E-state index contributed by atoms with van der Waals surface area (Å²) in [6, 6.07) is 18.2. The number of rotatable bonds is 6. The molecule has 5 rings (SSSR count). The maximum absolute atomic E-state index is 7.70. The first-order valence-electron chi connectivity index (χ1n) is 10.6. The van der Waals surface area contributed by atoms with E-state index >= 15 is 0 Å². The van der Waals surface area contributed by atoms with Gasteiger partial charge in [0.2, 0.25) is 11.7 Å². The van der Waals surface area contributed by atoms with E-state index < -0.39 is 0 Å². The summed E-state index contributed by atoms with van der Waals surface area (Å²) in [5.74, 6) is 1.23. The molecule has 0 spiro atoms. The predicted molar refractivity (Wildman–Crippen MR) is 120 cm³/mol. The van der Waals surface area contributed by atoms with Gasteiger partial charge >= 0.3 is 0 Å². The summed E-state index contributed by atoms with van der Waals surface area (Å²) in [5, 5.41) is 20.3. The van der Waals surface area contributed by atoms with Gasteiger partial charge in [0.1, 0.15) is 5.69 Å². The Hall–Kier alpha value is -4.01. The molecule has 0 aliphatic carbocycles. The second-order valence-electron chi connectivity index (χ2n) is 7.95. The van der Waals surface area contributed by atoms with Crippen molar-refractivity contribution < 1.29 is 4.52 Å². The second kappa shape index (κ2) is 8.62. The molecule has 1 fully saturated rings. The van der Waals surface area contributed by atoms with Crippen LogP contribution in [0.5, 0.6) is 0 Å². The average Bonchev–Trinajstić information content (AvgIpc) is 3.57. The van der Waals surface area contributed by atoms with Gasteiger partial charge in [0.05, 0.1) is 12.7 Å². The third-order valence-corrected chi connectivity index (χ3v) is 5.73. The summed E-state index contributed by atoms with van der Waals surface area (Å²) in [6.45, 7) is 1.43. The van der Waals surface area contributed by atoms with Gasteiger partial charge in [-0.2, -0.15) is 4.98 Å². The van der Waals surface area contributed by atoms with E-state index in [-0.39, 0.29) is 12.0 Å². The number of hydrogen-bond acceptors (Lipinski definition) is 6. The predicted octanol–water partition coefficient (Wildman–Crippen LogP) is 2.94. The van der Waals surface area contributed by atoms with Crippen LogP contribution in [0.1, 0.15) is 24.3 Å². The van der Waals surface area contributed by atoms with Crippen molar-refractivity contribution in [1.82, 2.24) is 30.0 Å². The molecule has 3 N–H and O–H groups in total. The Labute approximate surface area is 185 Å². The zero-order valence-corrected chi connectivity index (χ0v) is 17.6. The lowest BCUT2D eigenvalue weighted by atomic mass is 10.1. The van der Waals surface area contributed by atoms with Gasteiger partial charge in [-0.1, -0.05) is 65.0 Å². The fourth-order valence-electron chi connectivity index (χ4n) is 4.08. The number of aromatic nitrogens is 5. The van der Waals surface area contributed by atoms with E-state index in [1.54, 1.807) is 0 Å². The number of guanidine groups is 1. The van der Waals surface area contributed by atoms with E-state index in [1.807, 2.05) is 70.4 Å². The van der Waals surface area contributed by atoms with Gasteiger partial charge in [-0.05, 0) is 18.4 Å². The van der Waals surface area contributed by atoms with Crippen molar-refractivity contribution in [3.63, 3.8) is 0 Å². The minimum atomic E-state index is 0.103. The molecule has 0 amide bonds. The molecule has 0 unspecified atom stereocenters. The highest BCUT2D eigenvalue weighted by Crippen LogP contribution is 2.22. The molecule has 32 heavy (non-hydrogen) atoms. The van der Waals surface area contributed by atoms with Crippen molar-refractivity contribution in [3.05, 3.63) is 72.2 Å². The van der Waals surface area contributed by atoms with Crippen molar-refractivity contribution >= 4 is 5.96 Å². The highest BCUT2D eigenvalue weighted by molar-refractivity contribution is 5.75. The highest BCUT2D eigenvalue weighted by atomic mass is 16.5. The molecule has 162 valence electrons. The molecular formula is C23H24N8O. The molecule has 2 aromatic heterocycles. The Balaban J connectivity index is 1.24. The van der Waals surface area contributed by atoms with E-state index in [4.69, 9.17) is 15.7 Å². The van der Waals surface area contributed by atoms with Crippen LogP contribution in [-0.2, 0) is 13.0 Å². The normalized spacial score (nSPS) is 15.9. The van der Waals surface area contributed by atoms with Crippen molar-refractivity contribution in [3.8, 4) is 22.6 Å². The van der Waals surface area contributed by atoms with E-state index in [0.717, 1.165) is 41.8 Å². The second-order valence-corrected chi connectivity index (χ2v) is 7.95. The lowest BCUT2D eigenvalue weighted by Crippen LogP contribution is -2.41. The first-order valence-corrected chi connectivity index (χ1v) is 10.6. The molecule has 1 saturated heterocycles. The van der Waals surface area contributed by atoms with Crippen LogP contribution in [0.2, 0.25) is 0 Å². The number of nitrogens with one attached hydrogen (secondary N) is 1. The van der Waals surface area contributed by atoms with Crippen molar-refractivity contribution in [2.45, 2.75) is 31.8 Å². The minimum Gasteiger partial charge on any atom is -0.370 e. The molecule has 0 radical (unpaired) electrons. The summed E-state index contributed by atoms with van der Waals surface area (Å²) in [4.78, 5) is 6.44. The number of nitrogens with two attached hydrogens (primary N) is 1. The largest absolute Gasteiger partial charge is 0.370 e. The number of likely N-dealkylation sites (tertiary alicyclic amines) is 1. The van der Waals surface area contributed by atoms with Gasteiger partial charge in [0.25, 0.3) is 0 Å². The van der Waals surface area contributed by atoms with Crippen LogP contribution in [0.15, 0.2) is 65.3 Å². The maximum Gasteiger partial charge on any atom is 0.229 e. The molecule has 0 saturated carbocycles. The molecular weight excluding hydrogens is 404 g/mol. The summed E-state index contributed by atoms with van der Waals surface area (Å²) >= 11 is 0. The fourth-order valence-corrected chi connectivity index (χ4v) is 4.08. The Morgan fingerprint density at radius 1 is 1.09 bits per heavy atom. The molecule has 9 nitrogen and oxygen atoms in total. The zero-order chi connectivity index (χ0) is 21.9. The van der Waals surface area contributed by atoms with Gasteiger partial charge in [0, 0.05) is 30.1 Å². The van der Waals surface area contributed by atoms with Crippen LogP contribution in [0.4, 0.5) is 0 Å². The van der Waals surface area contributed by atoms with Gasteiger partial charge in [0.15, 0.2) is 5.96 Å². The van der Waals surface area contributed by atoms with E-state index in [0.29, 0.717) is 24.7 Å². The molecule has 1 aliphatic rings. The monoisotopic (exact) mass is 428 g/mol. The van der Waals surface area contributed by atoms with Gasteiger partial charge in [-0.3, -0.25) is 5.41 Å². The Kier molecular flexibility index (Phi) is 5.37. The molecule has 0 bridgehead atoms. The third kappa shape index (κ3) is 4.22. The Bertz CT molecular complexity index is 1200. The van der Waals surface area contributed by atoms with Crippen LogP contribution < -0.4 is 5.73 Å². The summed E-state index contributed by atoms with van der Waals surface area (Å²) in [6.07, 6.45) is 4.54. The van der Waals surface area contributed by atoms with Crippen molar-refractivity contribution in [1.29, 1.82) is 5.41 Å². The first kappa shape index (κ1) is 19.9. The molecule has 4 aromatic rings. The fraction of sp³-hybridized carbons (Fsp3) is 0.261. The Morgan fingerprint density at radius 2 is 1.91 bits per heavy atom. The van der Waals surface area contributed by atoms with Crippen LogP contribution in [-0.4, -0.2) is 48.6 Å². The highest BCUT2D eigenvalue weighted by Gasteiger charge is 2.27. The average molecular weight is 429 g/mol. The number of hydrogen-bond donors (Lipinski definition) is 2. The van der Waals surface area contributed by atoms with Crippen LogP contribution in [0.3, 0.4) is 0 Å². The smallest absolute Gasteiger partial charge is 0.229 e. The van der Waals surface area contributed by atoms with Crippen LogP contribution in [0, 0.1) is 5.41 Å². The summed E-state index contributed by atoms with van der Waals surface area (Å²) in [5.41, 5.74) is 9.56. The van der Waals surface area contributed by atoms with Crippen molar-refractivity contribution in [2.75, 3.05) is 6.54 Å². The van der Waals surface area contributed by atoms with Gasteiger partial charge < -0.3 is 15.2 Å². The maximum atomic E-state index is 7.70. The standard InChI is InChI=1S/C23H24N8O/c24-23(25)31-12-4-7-19(31)13-21-26-22(28-32-21)18-10-8-16(9-11-18)14-30-15-20(27-29-30)17-5-2-1-3-6-17/h1-3,5-6,8-11,15,19H,4,7,12-14H2,(H3,24,25)/t19-/m0/s1. The van der Waals surface area contributed by atoms with Crippen LogP contribution in [0.25, 0.3) is 22.6 Å². The number of benzene rings is 2. The molecule has 2 aromatic carbocycles. The lowest BCUT2D eigenvalue weighted by Gasteiger charge is -2.23. The SMILES string of the molecule is N=C(N)N1CCC[C@H]1Cc1nc(-c2ccc(Cn3cc(-c4ccccc4)nn3)cc2)no1. The van der Waals surface area contributed by atoms with Crippen LogP contribution >= 0.6 is 0 Å². The van der Waals surface area contributed by atoms with E-state index in [2.05, 4.69) is 20.5 Å².